The van der Waals surface area contributed by atoms with Gasteiger partial charge in [-0.05, 0) is 35.4 Å². The van der Waals surface area contributed by atoms with E-state index >= 15 is 0 Å². The van der Waals surface area contributed by atoms with Crippen LogP contribution in [-0.4, -0.2) is 47.8 Å². The van der Waals surface area contributed by atoms with Crippen molar-refractivity contribution in [1.29, 1.82) is 0 Å². The Bertz CT molecular complexity index is 1870. The first-order valence-electron chi connectivity index (χ1n) is 12.1. The highest BCUT2D eigenvalue weighted by atomic mass is 16.5. The fraction of sp³-hybridized carbons (Fsp3) is 0.200. The third-order valence-electron chi connectivity index (χ3n) is 6.72. The van der Waals surface area contributed by atoms with Crippen LogP contribution >= 0.6 is 0 Å². The number of fused-ring (bicyclic) bond motifs is 3. The summed E-state index contributed by atoms with van der Waals surface area (Å²) in [5.41, 5.74) is -0.173. The van der Waals surface area contributed by atoms with Crippen molar-refractivity contribution in [3.63, 3.8) is 0 Å². The van der Waals surface area contributed by atoms with Gasteiger partial charge in [0.15, 0.2) is 28.6 Å². The van der Waals surface area contributed by atoms with E-state index in [0.717, 1.165) is 0 Å². The Morgan fingerprint density at radius 2 is 0.976 bits per heavy atom. The number of benzene rings is 3. The van der Waals surface area contributed by atoms with Gasteiger partial charge in [0.05, 0.1) is 53.8 Å². The number of phenolic OH excluding ortho intramolecular Hbond substituents is 1. The van der Waals surface area contributed by atoms with Crippen molar-refractivity contribution in [3.05, 3.63) is 63.3 Å². The molecule has 0 fully saturated rings. The van der Waals surface area contributed by atoms with E-state index in [-0.39, 0.29) is 33.1 Å². The molecule has 3 aromatic carbocycles. The van der Waals surface area contributed by atoms with Gasteiger partial charge >= 0.3 is 0 Å². The Hall–Kier alpha value is -5.32. The molecule has 0 radical (unpaired) electrons. The second-order valence-corrected chi connectivity index (χ2v) is 8.76. The molecule has 0 spiro atoms. The summed E-state index contributed by atoms with van der Waals surface area (Å²) in [6, 6.07) is 7.55. The lowest BCUT2D eigenvalue weighted by atomic mass is 10.0. The van der Waals surface area contributed by atoms with Gasteiger partial charge < -0.3 is 42.4 Å². The fourth-order valence-corrected chi connectivity index (χ4v) is 4.76. The van der Waals surface area contributed by atoms with Gasteiger partial charge in [0.2, 0.25) is 22.4 Å². The summed E-state index contributed by atoms with van der Waals surface area (Å²) in [5.74, 6) is 1.58. The van der Waals surface area contributed by atoms with E-state index in [9.17, 15) is 14.7 Å². The van der Waals surface area contributed by atoms with E-state index in [0.29, 0.717) is 45.6 Å². The van der Waals surface area contributed by atoms with Crippen LogP contribution in [0, 0.1) is 0 Å². The molecule has 0 saturated heterocycles. The molecule has 5 rings (SSSR count). The van der Waals surface area contributed by atoms with Crippen molar-refractivity contribution in [2.75, 3.05) is 42.7 Å². The molecular formula is C30H26O11. The SMILES string of the molecule is COc1cc(-c2coc3c(c(O)cc4occ(-c5cc(OC)c(OC)c(OC)c5)c(=O)c43)c2=O)cc(OC)c1OC. The number of aromatic hydroxyl groups is 1. The summed E-state index contributed by atoms with van der Waals surface area (Å²) in [4.78, 5) is 27.6. The van der Waals surface area contributed by atoms with Gasteiger partial charge in [0.25, 0.3) is 0 Å². The summed E-state index contributed by atoms with van der Waals surface area (Å²) >= 11 is 0. The van der Waals surface area contributed by atoms with Crippen molar-refractivity contribution in [2.45, 2.75) is 0 Å². The van der Waals surface area contributed by atoms with Crippen molar-refractivity contribution in [1.82, 2.24) is 0 Å². The highest BCUT2D eigenvalue weighted by Gasteiger charge is 2.23. The lowest BCUT2D eigenvalue weighted by Crippen LogP contribution is -2.10. The Labute approximate surface area is 233 Å². The maximum atomic E-state index is 13.8. The van der Waals surface area contributed by atoms with Gasteiger partial charge in [-0.3, -0.25) is 9.59 Å². The van der Waals surface area contributed by atoms with Crippen molar-refractivity contribution >= 4 is 21.9 Å². The van der Waals surface area contributed by atoms with Crippen LogP contribution in [0.15, 0.2) is 61.3 Å². The fourth-order valence-electron chi connectivity index (χ4n) is 4.76. The van der Waals surface area contributed by atoms with Gasteiger partial charge in [-0.15, -0.1) is 0 Å². The third-order valence-corrected chi connectivity index (χ3v) is 6.72. The molecule has 0 unspecified atom stereocenters. The van der Waals surface area contributed by atoms with Gasteiger partial charge in [-0.2, -0.15) is 0 Å². The molecule has 5 aromatic rings. The normalized spacial score (nSPS) is 11.0. The first kappa shape index (κ1) is 27.3. The quantitative estimate of drug-likeness (QED) is 0.256. The zero-order valence-corrected chi connectivity index (χ0v) is 23.1. The molecule has 0 aliphatic heterocycles. The predicted molar refractivity (Wildman–Crippen MR) is 150 cm³/mol. The summed E-state index contributed by atoms with van der Waals surface area (Å²) in [6.45, 7) is 0. The molecule has 0 atom stereocenters. The van der Waals surface area contributed by atoms with Gasteiger partial charge in [-0.25, -0.2) is 0 Å². The number of phenols is 1. The number of hydrogen-bond donors (Lipinski definition) is 1. The van der Waals surface area contributed by atoms with E-state index < -0.39 is 16.6 Å². The standard InChI is InChI=1S/C30H26O11/c1-34-20-7-14(8-21(35-2)28(20)38-5)16-12-40-19-11-18(31)24-26(32)17(13-41-30(24)25(19)27(16)33)15-9-22(36-3)29(39-6)23(10-15)37-4/h7-13,31H,1-6H3. The molecule has 2 aromatic heterocycles. The molecule has 0 saturated carbocycles. The zero-order valence-electron chi connectivity index (χ0n) is 23.1. The Kier molecular flexibility index (Phi) is 7.10. The monoisotopic (exact) mass is 562 g/mol. The zero-order chi connectivity index (χ0) is 29.4. The molecule has 0 aliphatic rings. The molecule has 41 heavy (non-hydrogen) atoms. The van der Waals surface area contributed by atoms with Gasteiger partial charge in [-0.1, -0.05) is 0 Å². The molecule has 1 N–H and O–H groups in total. The molecule has 11 nitrogen and oxygen atoms in total. The van der Waals surface area contributed by atoms with Crippen LogP contribution in [0.2, 0.25) is 0 Å². The summed E-state index contributed by atoms with van der Waals surface area (Å²) in [5, 5.41) is 10.6. The summed E-state index contributed by atoms with van der Waals surface area (Å²) in [7, 11) is 8.75. The molecule has 0 bridgehead atoms. The second kappa shape index (κ2) is 10.7. The summed E-state index contributed by atoms with van der Waals surface area (Å²) < 4.78 is 44.0. The van der Waals surface area contributed by atoms with Gasteiger partial charge in [0, 0.05) is 6.07 Å². The van der Waals surface area contributed by atoms with Gasteiger partial charge in [0.1, 0.15) is 34.6 Å². The van der Waals surface area contributed by atoms with E-state index in [1.54, 1.807) is 24.3 Å². The molecule has 0 amide bonds. The topological polar surface area (TPSA) is 136 Å². The first-order valence-corrected chi connectivity index (χ1v) is 12.1. The van der Waals surface area contributed by atoms with E-state index in [1.165, 1.54) is 61.3 Å². The maximum Gasteiger partial charge on any atom is 0.204 e. The number of methoxy groups -OCH3 is 6. The maximum absolute atomic E-state index is 13.8. The lowest BCUT2D eigenvalue weighted by molar-refractivity contribution is 0.324. The van der Waals surface area contributed by atoms with Crippen LogP contribution in [0.5, 0.6) is 40.2 Å². The molecule has 0 aliphatic carbocycles. The summed E-state index contributed by atoms with van der Waals surface area (Å²) in [6.07, 6.45) is 2.45. The minimum absolute atomic E-state index is 0.0277. The van der Waals surface area contributed by atoms with Crippen LogP contribution in [-0.2, 0) is 0 Å². The average molecular weight is 563 g/mol. The minimum Gasteiger partial charge on any atom is -0.507 e. The van der Waals surface area contributed by atoms with E-state index in [2.05, 4.69) is 0 Å². The van der Waals surface area contributed by atoms with Crippen molar-refractivity contribution in [3.8, 4) is 62.5 Å². The number of ether oxygens (including phenoxy) is 6. The lowest BCUT2D eigenvalue weighted by Gasteiger charge is -2.15. The smallest absolute Gasteiger partial charge is 0.204 e. The number of hydrogen-bond acceptors (Lipinski definition) is 11. The highest BCUT2D eigenvalue weighted by Crippen LogP contribution is 2.43. The van der Waals surface area contributed by atoms with Crippen LogP contribution in [0.4, 0.5) is 0 Å². The van der Waals surface area contributed by atoms with Crippen molar-refractivity contribution < 1.29 is 42.4 Å². The molecule has 212 valence electrons. The third kappa shape index (κ3) is 4.31. The Morgan fingerprint density at radius 1 is 0.561 bits per heavy atom. The molecular weight excluding hydrogens is 536 g/mol. The average Bonchev–Trinajstić information content (AvgIpc) is 2.99. The van der Waals surface area contributed by atoms with E-state index in [4.69, 9.17) is 37.3 Å². The van der Waals surface area contributed by atoms with E-state index in [1.807, 2.05) is 0 Å². The molecule has 11 heteroatoms. The highest BCUT2D eigenvalue weighted by molar-refractivity contribution is 6.06. The minimum atomic E-state index is -0.586. The predicted octanol–water partition coefficient (Wildman–Crippen LogP) is 4.99. The van der Waals surface area contributed by atoms with Crippen LogP contribution < -0.4 is 39.3 Å². The van der Waals surface area contributed by atoms with Crippen LogP contribution in [0.3, 0.4) is 0 Å². The van der Waals surface area contributed by atoms with Crippen molar-refractivity contribution in [2.24, 2.45) is 0 Å². The number of rotatable bonds is 8. The second-order valence-electron chi connectivity index (χ2n) is 8.76. The molecule has 2 heterocycles. The Balaban J connectivity index is 1.78. The van der Waals surface area contributed by atoms with Crippen LogP contribution in [0.25, 0.3) is 44.2 Å². The Morgan fingerprint density at radius 3 is 1.39 bits per heavy atom. The largest absolute Gasteiger partial charge is 0.507 e. The van der Waals surface area contributed by atoms with Crippen LogP contribution in [0.1, 0.15) is 0 Å². The first-order chi connectivity index (χ1) is 19.8.